The van der Waals surface area contributed by atoms with Gasteiger partial charge in [-0.05, 0) is 64.4 Å². The van der Waals surface area contributed by atoms with Crippen LogP contribution in [-0.2, 0) is 0 Å². The van der Waals surface area contributed by atoms with E-state index in [-0.39, 0.29) is 11.6 Å². The van der Waals surface area contributed by atoms with E-state index in [0.29, 0.717) is 40.2 Å². The summed E-state index contributed by atoms with van der Waals surface area (Å²) in [5.74, 6) is 0.962. The molecule has 8 heteroatoms. The van der Waals surface area contributed by atoms with Crippen LogP contribution in [0.5, 0.6) is 5.75 Å². The van der Waals surface area contributed by atoms with Crippen LogP contribution in [-0.4, -0.2) is 38.6 Å². The second-order valence-corrected chi connectivity index (χ2v) is 7.93. The van der Waals surface area contributed by atoms with E-state index in [1.54, 1.807) is 20.8 Å². The third-order valence-corrected chi connectivity index (χ3v) is 5.44. The topological polar surface area (TPSA) is 98.1 Å². The first-order chi connectivity index (χ1) is 13.8. The van der Waals surface area contributed by atoms with E-state index < -0.39 is 5.25 Å². The van der Waals surface area contributed by atoms with Crippen LogP contribution in [0.15, 0.2) is 33.9 Å². The van der Waals surface area contributed by atoms with Gasteiger partial charge in [-0.25, -0.2) is 0 Å². The van der Waals surface area contributed by atoms with E-state index in [4.69, 9.17) is 9.15 Å². The van der Waals surface area contributed by atoms with Gasteiger partial charge in [-0.2, -0.15) is 0 Å². The first-order valence-electron chi connectivity index (χ1n) is 9.29. The Hall–Kier alpha value is -2.87. The van der Waals surface area contributed by atoms with Gasteiger partial charge in [0.15, 0.2) is 11.6 Å². The number of ether oxygens (including phenoxy) is 1. The predicted octanol–water partition coefficient (Wildman–Crippen LogP) is 4.65. The molecule has 152 valence electrons. The number of thioether (sulfide) groups is 1. The van der Waals surface area contributed by atoms with Crippen LogP contribution in [0.1, 0.15) is 52.9 Å². The molecule has 1 N–H and O–H groups in total. The molecule has 29 heavy (non-hydrogen) atoms. The zero-order valence-electron chi connectivity index (χ0n) is 17.0. The Morgan fingerprint density at radius 2 is 1.90 bits per heavy atom. The van der Waals surface area contributed by atoms with Gasteiger partial charge in [0, 0.05) is 16.8 Å². The van der Waals surface area contributed by atoms with Crippen LogP contribution in [0, 0.1) is 13.8 Å². The fourth-order valence-corrected chi connectivity index (χ4v) is 3.91. The number of ketones is 2. The van der Waals surface area contributed by atoms with Gasteiger partial charge in [0.25, 0.3) is 5.22 Å². The predicted molar refractivity (Wildman–Crippen MR) is 111 cm³/mol. The van der Waals surface area contributed by atoms with Gasteiger partial charge in [-0.1, -0.05) is 11.8 Å². The minimum atomic E-state index is -0.458. The second-order valence-electron chi connectivity index (χ2n) is 6.64. The highest BCUT2D eigenvalue weighted by atomic mass is 32.2. The lowest BCUT2D eigenvalue weighted by Crippen LogP contribution is -2.15. The zero-order valence-corrected chi connectivity index (χ0v) is 17.8. The van der Waals surface area contributed by atoms with Gasteiger partial charge in [-0.3, -0.25) is 9.59 Å². The number of nitrogens with one attached hydrogen (secondary N) is 1. The summed E-state index contributed by atoms with van der Waals surface area (Å²) in [6.45, 7) is 9.36. The molecule has 0 aliphatic carbocycles. The molecule has 0 saturated heterocycles. The third kappa shape index (κ3) is 4.42. The highest BCUT2D eigenvalue weighted by molar-refractivity contribution is 8.00. The smallest absolute Gasteiger partial charge is 0.277 e. The van der Waals surface area contributed by atoms with E-state index in [9.17, 15) is 9.59 Å². The molecule has 0 unspecified atom stereocenters. The molecule has 0 aliphatic heterocycles. The molecule has 0 bridgehead atoms. The highest BCUT2D eigenvalue weighted by Gasteiger charge is 2.25. The van der Waals surface area contributed by atoms with Crippen LogP contribution >= 0.6 is 11.8 Å². The molecule has 2 heterocycles. The number of Topliss-reactive ketones (excluding diaryl/α,β-unsaturated/α-hetero) is 2. The minimum Gasteiger partial charge on any atom is -0.494 e. The summed E-state index contributed by atoms with van der Waals surface area (Å²) >= 11 is 1.19. The molecule has 0 amide bonds. The maximum absolute atomic E-state index is 12.9. The quantitative estimate of drug-likeness (QED) is 0.424. The van der Waals surface area contributed by atoms with Gasteiger partial charge in [0.1, 0.15) is 5.75 Å². The van der Waals surface area contributed by atoms with Crippen molar-refractivity contribution >= 4 is 23.3 Å². The molecule has 0 spiro atoms. The van der Waals surface area contributed by atoms with Gasteiger partial charge in [-0.15, -0.1) is 10.2 Å². The Bertz CT molecular complexity index is 1040. The van der Waals surface area contributed by atoms with E-state index in [1.807, 2.05) is 31.2 Å². The molecular weight excluding hydrogens is 390 g/mol. The summed E-state index contributed by atoms with van der Waals surface area (Å²) in [5.41, 5.74) is 3.16. The van der Waals surface area contributed by atoms with Crippen molar-refractivity contribution in [2.75, 3.05) is 6.61 Å². The third-order valence-electron chi connectivity index (χ3n) is 4.50. The fourth-order valence-electron chi connectivity index (χ4n) is 3.17. The summed E-state index contributed by atoms with van der Waals surface area (Å²) in [4.78, 5) is 27.7. The molecule has 2 aromatic heterocycles. The normalized spacial score (nSPS) is 12.0. The molecule has 1 atom stereocenters. The largest absolute Gasteiger partial charge is 0.494 e. The van der Waals surface area contributed by atoms with Crippen LogP contribution < -0.4 is 4.74 Å². The van der Waals surface area contributed by atoms with Crippen molar-refractivity contribution in [1.29, 1.82) is 0 Å². The van der Waals surface area contributed by atoms with Gasteiger partial charge >= 0.3 is 0 Å². The first-order valence-corrected chi connectivity index (χ1v) is 10.2. The maximum Gasteiger partial charge on any atom is 0.277 e. The zero-order chi connectivity index (χ0) is 21.1. The van der Waals surface area contributed by atoms with Crippen molar-refractivity contribution in [3.63, 3.8) is 0 Å². The van der Waals surface area contributed by atoms with E-state index in [0.717, 1.165) is 11.3 Å². The molecule has 0 fully saturated rings. The number of H-pyrrole nitrogens is 1. The summed E-state index contributed by atoms with van der Waals surface area (Å²) in [6, 6.07) is 7.36. The van der Waals surface area contributed by atoms with Crippen LogP contribution in [0.25, 0.3) is 11.5 Å². The van der Waals surface area contributed by atoms with E-state index >= 15 is 0 Å². The summed E-state index contributed by atoms with van der Waals surface area (Å²) in [5, 5.41) is 7.95. The van der Waals surface area contributed by atoms with Crippen LogP contribution in [0.4, 0.5) is 0 Å². The highest BCUT2D eigenvalue weighted by Crippen LogP contribution is 2.30. The molecule has 3 aromatic rings. The standard InChI is InChI=1S/C21H23N3O4S/c1-6-27-16-9-7-15(8-10-16)20-23-24-21(28-20)29-14(5)19(26)18-11(2)17(13(4)25)12(3)22-18/h7-10,14,22H,6H2,1-5H3/t14-/m0/s1. The minimum absolute atomic E-state index is 0.0625. The average Bonchev–Trinajstić information content (AvgIpc) is 3.26. The summed E-state index contributed by atoms with van der Waals surface area (Å²) in [6.07, 6.45) is 0. The lowest BCUT2D eigenvalue weighted by molar-refractivity contribution is 0.0988. The molecule has 1 aromatic carbocycles. The number of aryl methyl sites for hydroxylation is 1. The number of aromatic nitrogens is 3. The molecule has 0 aliphatic rings. The Balaban J connectivity index is 1.73. The van der Waals surface area contributed by atoms with Gasteiger partial charge in [0.2, 0.25) is 5.89 Å². The number of hydrogen-bond donors (Lipinski definition) is 1. The van der Waals surface area contributed by atoms with Crippen molar-refractivity contribution in [2.24, 2.45) is 0 Å². The second kappa shape index (κ2) is 8.65. The number of nitrogens with zero attached hydrogens (tertiary/aromatic N) is 2. The van der Waals surface area contributed by atoms with Crippen molar-refractivity contribution in [1.82, 2.24) is 15.2 Å². The molecule has 3 rings (SSSR count). The Morgan fingerprint density at radius 1 is 1.21 bits per heavy atom. The maximum atomic E-state index is 12.9. The van der Waals surface area contributed by atoms with Gasteiger partial charge in [0.05, 0.1) is 17.6 Å². The first kappa shape index (κ1) is 20.9. The van der Waals surface area contributed by atoms with Crippen LogP contribution in [0.3, 0.4) is 0 Å². The van der Waals surface area contributed by atoms with Crippen LogP contribution in [0.2, 0.25) is 0 Å². The van der Waals surface area contributed by atoms with E-state index in [2.05, 4.69) is 15.2 Å². The molecule has 7 nitrogen and oxygen atoms in total. The summed E-state index contributed by atoms with van der Waals surface area (Å²) in [7, 11) is 0. The molecule has 0 radical (unpaired) electrons. The Labute approximate surface area is 173 Å². The fraction of sp³-hybridized carbons (Fsp3) is 0.333. The lowest BCUT2D eigenvalue weighted by atomic mass is 10.0. The van der Waals surface area contributed by atoms with E-state index in [1.165, 1.54) is 18.7 Å². The Morgan fingerprint density at radius 3 is 2.48 bits per heavy atom. The number of hydrogen-bond acceptors (Lipinski definition) is 7. The van der Waals surface area contributed by atoms with Crippen molar-refractivity contribution in [3.8, 4) is 17.2 Å². The molecular formula is C21H23N3O4S. The average molecular weight is 413 g/mol. The molecule has 0 saturated carbocycles. The number of rotatable bonds is 8. The monoisotopic (exact) mass is 413 g/mol. The SMILES string of the molecule is CCOc1ccc(-c2nnc(S[C@@H](C)C(=O)c3[nH]c(C)c(C(C)=O)c3C)o2)cc1. The van der Waals surface area contributed by atoms with Crippen molar-refractivity contribution in [2.45, 2.75) is 45.1 Å². The number of carbonyl (C=O) groups is 2. The van der Waals surface area contributed by atoms with Crippen molar-refractivity contribution < 1.29 is 18.7 Å². The van der Waals surface area contributed by atoms with Gasteiger partial charge < -0.3 is 14.1 Å². The Kier molecular flexibility index (Phi) is 6.22. The number of benzene rings is 1. The lowest BCUT2D eigenvalue weighted by Gasteiger charge is -2.07. The number of carbonyl (C=O) groups excluding carboxylic acids is 2. The summed E-state index contributed by atoms with van der Waals surface area (Å²) < 4.78 is 11.1. The van der Waals surface area contributed by atoms with Crippen molar-refractivity contribution in [3.05, 3.63) is 46.8 Å². The number of aromatic amines is 1.